The molecule has 1 atom stereocenters. The molecule has 2 aromatic rings. The quantitative estimate of drug-likeness (QED) is 0.675. The van der Waals surface area contributed by atoms with Gasteiger partial charge in [-0.2, -0.15) is 0 Å². The minimum atomic E-state index is -0.263. The zero-order valence-corrected chi connectivity index (χ0v) is 10.8. The summed E-state index contributed by atoms with van der Waals surface area (Å²) < 4.78 is 6.12. The molecule has 0 radical (unpaired) electrons. The average Bonchev–Trinajstić information content (AvgIpc) is 2.66. The van der Waals surface area contributed by atoms with Gasteiger partial charge in [-0.3, -0.25) is 0 Å². The summed E-state index contributed by atoms with van der Waals surface area (Å²) in [4.78, 5) is 0.964. The van der Waals surface area contributed by atoms with Gasteiger partial charge in [-0.1, -0.05) is 48.2 Å². The number of fused-ring (bicyclic) bond motifs is 3. The predicted molar refractivity (Wildman–Crippen MR) is 73.7 cm³/mol. The zero-order valence-electron chi connectivity index (χ0n) is 9.94. The van der Waals surface area contributed by atoms with E-state index < -0.39 is 0 Å². The average molecular weight is 242 g/mol. The van der Waals surface area contributed by atoms with Gasteiger partial charge in [0.25, 0.3) is 0 Å². The summed E-state index contributed by atoms with van der Waals surface area (Å²) in [5, 5.41) is 2.43. The molecule has 1 nitrogen and oxygen atoms in total. The second-order valence-electron chi connectivity index (χ2n) is 4.33. The highest BCUT2D eigenvalue weighted by Crippen LogP contribution is 2.50. The fourth-order valence-electron chi connectivity index (χ4n) is 2.22. The Morgan fingerprint density at radius 3 is 2.82 bits per heavy atom. The normalized spacial score (nSPS) is 22.9. The van der Waals surface area contributed by atoms with Gasteiger partial charge >= 0.3 is 0 Å². The molecule has 0 saturated heterocycles. The van der Waals surface area contributed by atoms with Crippen LogP contribution in [0.4, 0.5) is 0 Å². The summed E-state index contributed by atoms with van der Waals surface area (Å²) in [5.74, 6) is 1.02. The molecule has 0 saturated carbocycles. The van der Waals surface area contributed by atoms with E-state index >= 15 is 0 Å². The van der Waals surface area contributed by atoms with Crippen molar-refractivity contribution in [2.75, 3.05) is 0 Å². The van der Waals surface area contributed by atoms with Gasteiger partial charge in [-0.05, 0) is 31.4 Å². The summed E-state index contributed by atoms with van der Waals surface area (Å²) in [6, 6.07) is 12.7. The van der Waals surface area contributed by atoms with E-state index in [-0.39, 0.29) is 4.93 Å². The number of allylic oxidation sites excluding steroid dienone is 1. The summed E-state index contributed by atoms with van der Waals surface area (Å²) >= 11 is 1.77. The number of hydrogen-bond acceptors (Lipinski definition) is 2. The van der Waals surface area contributed by atoms with Gasteiger partial charge in [0.2, 0.25) is 0 Å². The van der Waals surface area contributed by atoms with Crippen LogP contribution in [-0.2, 0) is 0 Å². The lowest BCUT2D eigenvalue weighted by Crippen LogP contribution is -2.20. The number of ether oxygens (including phenoxy) is 1. The molecule has 0 fully saturated rings. The van der Waals surface area contributed by atoms with E-state index in [0.29, 0.717) is 0 Å². The molecule has 1 aliphatic rings. The van der Waals surface area contributed by atoms with Crippen molar-refractivity contribution in [1.82, 2.24) is 0 Å². The first kappa shape index (κ1) is 10.7. The monoisotopic (exact) mass is 242 g/mol. The number of rotatable bonds is 1. The van der Waals surface area contributed by atoms with Gasteiger partial charge in [-0.15, -0.1) is 0 Å². The molecule has 2 heteroatoms. The van der Waals surface area contributed by atoms with Crippen LogP contribution in [0.25, 0.3) is 10.8 Å². The van der Waals surface area contributed by atoms with Gasteiger partial charge in [-0.25, -0.2) is 0 Å². The Kier molecular flexibility index (Phi) is 2.40. The van der Waals surface area contributed by atoms with Crippen LogP contribution in [0.15, 0.2) is 53.4 Å². The van der Waals surface area contributed by atoms with Crippen LogP contribution >= 0.6 is 11.8 Å². The summed E-state index contributed by atoms with van der Waals surface area (Å²) in [7, 11) is 0. The molecule has 0 bridgehead atoms. The minimum Gasteiger partial charge on any atom is -0.471 e. The van der Waals surface area contributed by atoms with E-state index in [0.717, 1.165) is 5.75 Å². The van der Waals surface area contributed by atoms with Crippen molar-refractivity contribution in [2.24, 2.45) is 0 Å². The van der Waals surface area contributed by atoms with Crippen LogP contribution in [0.1, 0.15) is 13.8 Å². The fraction of sp³-hybridized carbons (Fsp3) is 0.200. The third-order valence-corrected chi connectivity index (χ3v) is 4.10. The van der Waals surface area contributed by atoms with E-state index in [2.05, 4.69) is 49.4 Å². The Bertz CT molecular complexity index is 603. The van der Waals surface area contributed by atoms with Crippen molar-refractivity contribution in [3.8, 4) is 5.75 Å². The number of hydrogen-bond donors (Lipinski definition) is 0. The van der Waals surface area contributed by atoms with Crippen molar-refractivity contribution in [1.29, 1.82) is 0 Å². The zero-order chi connectivity index (χ0) is 11.9. The first-order chi connectivity index (χ1) is 8.22. The Balaban J connectivity index is 2.17. The van der Waals surface area contributed by atoms with Gasteiger partial charge in [0.1, 0.15) is 5.75 Å². The molecular formula is C15H14OS. The van der Waals surface area contributed by atoms with E-state index in [9.17, 15) is 0 Å². The number of benzene rings is 2. The smallest absolute Gasteiger partial charge is 0.175 e. The molecule has 3 rings (SSSR count). The lowest BCUT2D eigenvalue weighted by Gasteiger charge is -2.18. The van der Waals surface area contributed by atoms with Crippen LogP contribution in [0.2, 0.25) is 0 Å². The van der Waals surface area contributed by atoms with E-state index in [1.807, 2.05) is 13.0 Å². The molecule has 2 aromatic carbocycles. The van der Waals surface area contributed by atoms with E-state index in [4.69, 9.17) is 4.74 Å². The van der Waals surface area contributed by atoms with Crippen molar-refractivity contribution in [3.05, 3.63) is 48.6 Å². The Labute approximate surface area is 105 Å². The Morgan fingerprint density at radius 1 is 1.18 bits per heavy atom. The minimum absolute atomic E-state index is 0.263. The van der Waals surface area contributed by atoms with Gasteiger partial charge in [0, 0.05) is 5.39 Å². The second kappa shape index (κ2) is 3.81. The van der Waals surface area contributed by atoms with Gasteiger partial charge in [0.15, 0.2) is 4.93 Å². The van der Waals surface area contributed by atoms with Gasteiger partial charge in [0.05, 0.1) is 4.90 Å². The van der Waals surface area contributed by atoms with Crippen molar-refractivity contribution in [3.63, 3.8) is 0 Å². The lowest BCUT2D eigenvalue weighted by atomic mass is 10.1. The summed E-state index contributed by atoms with van der Waals surface area (Å²) in [6.07, 6.45) is 4.15. The highest BCUT2D eigenvalue weighted by Gasteiger charge is 2.34. The Hall–Kier alpha value is -1.41. The maximum Gasteiger partial charge on any atom is 0.175 e. The molecule has 0 spiro atoms. The molecule has 17 heavy (non-hydrogen) atoms. The second-order valence-corrected chi connectivity index (χ2v) is 5.79. The third-order valence-electron chi connectivity index (χ3n) is 2.93. The summed E-state index contributed by atoms with van der Waals surface area (Å²) in [6.45, 7) is 4.13. The maximum absolute atomic E-state index is 6.12. The fourth-order valence-corrected chi connectivity index (χ4v) is 3.37. The molecule has 0 aromatic heterocycles. The first-order valence-corrected chi connectivity index (χ1v) is 6.57. The Morgan fingerprint density at radius 2 is 2.00 bits per heavy atom. The van der Waals surface area contributed by atoms with Crippen LogP contribution in [0.3, 0.4) is 0 Å². The van der Waals surface area contributed by atoms with Gasteiger partial charge < -0.3 is 4.74 Å². The van der Waals surface area contributed by atoms with Crippen LogP contribution in [0.5, 0.6) is 5.75 Å². The van der Waals surface area contributed by atoms with Crippen molar-refractivity contribution in [2.45, 2.75) is 23.7 Å². The predicted octanol–water partition coefficient (Wildman–Crippen LogP) is 4.62. The molecule has 0 N–H and O–H groups in total. The van der Waals surface area contributed by atoms with Crippen molar-refractivity contribution >= 4 is 22.5 Å². The molecular weight excluding hydrogens is 228 g/mol. The molecule has 1 aliphatic heterocycles. The molecule has 1 heterocycles. The van der Waals surface area contributed by atoms with Crippen LogP contribution in [0, 0.1) is 0 Å². The maximum atomic E-state index is 6.12. The van der Waals surface area contributed by atoms with Crippen LogP contribution < -0.4 is 4.74 Å². The largest absolute Gasteiger partial charge is 0.471 e. The molecule has 0 aliphatic carbocycles. The highest BCUT2D eigenvalue weighted by molar-refractivity contribution is 8.01. The van der Waals surface area contributed by atoms with Crippen molar-refractivity contribution < 1.29 is 4.74 Å². The lowest BCUT2D eigenvalue weighted by molar-refractivity contribution is 0.247. The molecule has 0 amide bonds. The molecule has 86 valence electrons. The highest BCUT2D eigenvalue weighted by atomic mass is 32.2. The third kappa shape index (κ3) is 1.73. The SMILES string of the molecule is C/C=C/C1(C)Oc2c(ccc3ccccc23)S1. The van der Waals surface area contributed by atoms with E-state index in [1.54, 1.807) is 11.8 Å². The topological polar surface area (TPSA) is 9.23 Å². The van der Waals surface area contributed by atoms with Crippen LogP contribution in [-0.4, -0.2) is 4.93 Å². The molecule has 1 unspecified atom stereocenters. The first-order valence-electron chi connectivity index (χ1n) is 5.75. The number of thioether (sulfide) groups is 1. The van der Waals surface area contributed by atoms with E-state index in [1.165, 1.54) is 15.7 Å². The summed E-state index contributed by atoms with van der Waals surface area (Å²) in [5.41, 5.74) is 0. The standard InChI is InChI=1S/C15H14OS/c1-3-10-15(2)16-14-12-7-5-4-6-11(12)8-9-13(14)17-15/h3-10H,1-2H3/b10-3+.